The molecule has 0 spiro atoms. The minimum Gasteiger partial charge on any atom is -0.383 e. The van der Waals surface area contributed by atoms with Gasteiger partial charge in [0.1, 0.15) is 5.82 Å². The molecule has 0 aliphatic carbocycles. The zero-order valence-corrected chi connectivity index (χ0v) is 14.0. The van der Waals surface area contributed by atoms with Crippen molar-refractivity contribution >= 4 is 28.4 Å². The molecule has 0 aliphatic rings. The molecule has 0 aliphatic heterocycles. The van der Waals surface area contributed by atoms with Crippen molar-refractivity contribution in [3.8, 4) is 11.4 Å². The molecule has 4 nitrogen and oxygen atoms in total. The average molecular weight is 383 g/mol. The smallest absolute Gasteiger partial charge is 0.161 e. The fourth-order valence-corrected chi connectivity index (χ4v) is 2.77. The van der Waals surface area contributed by atoms with Gasteiger partial charge in [-0.1, -0.05) is 38.1 Å². The van der Waals surface area contributed by atoms with E-state index < -0.39 is 0 Å². The summed E-state index contributed by atoms with van der Waals surface area (Å²) in [7, 11) is 1.69. The Bertz CT molecular complexity index is 597. The lowest BCUT2D eigenvalue weighted by Gasteiger charge is -2.11. The quantitative estimate of drug-likeness (QED) is 0.820. The molecular formula is C15H18IN3O. The summed E-state index contributed by atoms with van der Waals surface area (Å²) in [5, 5.41) is 0. The van der Waals surface area contributed by atoms with Gasteiger partial charge in [0.15, 0.2) is 5.82 Å². The van der Waals surface area contributed by atoms with E-state index in [0.29, 0.717) is 24.2 Å². The molecule has 20 heavy (non-hydrogen) atoms. The van der Waals surface area contributed by atoms with Gasteiger partial charge in [-0.15, -0.1) is 0 Å². The van der Waals surface area contributed by atoms with Crippen LogP contribution < -0.4 is 5.73 Å². The van der Waals surface area contributed by atoms with E-state index in [1.54, 1.807) is 7.11 Å². The van der Waals surface area contributed by atoms with Crippen LogP contribution >= 0.6 is 22.6 Å². The Morgan fingerprint density at radius 1 is 1.20 bits per heavy atom. The third-order valence-electron chi connectivity index (χ3n) is 2.97. The Hall–Kier alpha value is -1.21. The number of hydrogen-bond acceptors (Lipinski definition) is 4. The van der Waals surface area contributed by atoms with Crippen LogP contribution in [-0.4, -0.2) is 17.1 Å². The van der Waals surface area contributed by atoms with Crippen molar-refractivity contribution in [1.29, 1.82) is 0 Å². The molecule has 0 bridgehead atoms. The van der Waals surface area contributed by atoms with E-state index in [2.05, 4.69) is 46.4 Å². The Labute approximate surface area is 132 Å². The van der Waals surface area contributed by atoms with Crippen LogP contribution in [0, 0.1) is 3.57 Å². The molecule has 1 aromatic carbocycles. The summed E-state index contributed by atoms with van der Waals surface area (Å²) in [4.78, 5) is 9.04. The molecule has 2 N–H and O–H groups in total. The zero-order valence-electron chi connectivity index (χ0n) is 11.9. The molecule has 5 heteroatoms. The number of nitrogens with zero attached hydrogens (tertiary/aromatic N) is 2. The number of methoxy groups -OCH3 is 1. The summed E-state index contributed by atoms with van der Waals surface area (Å²) in [6, 6.07) is 8.04. The van der Waals surface area contributed by atoms with Gasteiger partial charge in [0.05, 0.1) is 15.9 Å². The van der Waals surface area contributed by atoms with Crippen molar-refractivity contribution in [3.05, 3.63) is 39.1 Å². The first-order valence-corrected chi connectivity index (χ1v) is 7.52. The number of aromatic nitrogens is 2. The number of anilines is 1. The van der Waals surface area contributed by atoms with Gasteiger partial charge >= 0.3 is 0 Å². The lowest BCUT2D eigenvalue weighted by atomic mass is 10.1. The second-order valence-corrected chi connectivity index (χ2v) is 6.00. The molecule has 0 radical (unpaired) electrons. The SMILES string of the molecule is COCc1ccc(-c2nc(N)c(I)c(C(C)C)n2)cc1. The average Bonchev–Trinajstić information content (AvgIpc) is 2.42. The van der Waals surface area contributed by atoms with Crippen molar-refractivity contribution in [3.63, 3.8) is 0 Å². The fourth-order valence-electron chi connectivity index (χ4n) is 1.91. The largest absolute Gasteiger partial charge is 0.383 e. The number of hydrogen-bond donors (Lipinski definition) is 1. The van der Waals surface area contributed by atoms with Gasteiger partial charge in [-0.3, -0.25) is 0 Å². The Kier molecular flexibility index (Phi) is 4.93. The highest BCUT2D eigenvalue weighted by Gasteiger charge is 2.14. The lowest BCUT2D eigenvalue weighted by Crippen LogP contribution is -2.06. The summed E-state index contributed by atoms with van der Waals surface area (Å²) in [5.41, 5.74) is 9.08. The van der Waals surface area contributed by atoms with E-state index in [4.69, 9.17) is 10.5 Å². The van der Waals surface area contributed by atoms with Crippen LogP contribution in [0.1, 0.15) is 31.0 Å². The zero-order chi connectivity index (χ0) is 14.7. The highest BCUT2D eigenvalue weighted by atomic mass is 127. The number of nitrogen functional groups attached to an aromatic ring is 1. The van der Waals surface area contributed by atoms with Gasteiger partial charge in [-0.05, 0) is 34.1 Å². The molecular weight excluding hydrogens is 365 g/mol. The van der Waals surface area contributed by atoms with Crippen molar-refractivity contribution in [2.45, 2.75) is 26.4 Å². The third-order valence-corrected chi connectivity index (χ3v) is 4.08. The van der Waals surface area contributed by atoms with Gasteiger partial charge < -0.3 is 10.5 Å². The first-order chi connectivity index (χ1) is 9.52. The molecule has 0 saturated carbocycles. The van der Waals surface area contributed by atoms with E-state index in [0.717, 1.165) is 20.4 Å². The summed E-state index contributed by atoms with van der Waals surface area (Å²) < 4.78 is 6.05. The Balaban J connectivity index is 2.42. The Morgan fingerprint density at radius 3 is 2.40 bits per heavy atom. The van der Waals surface area contributed by atoms with Gasteiger partial charge in [0.2, 0.25) is 0 Å². The van der Waals surface area contributed by atoms with Crippen LogP contribution in [0.5, 0.6) is 0 Å². The van der Waals surface area contributed by atoms with Gasteiger partial charge in [-0.25, -0.2) is 9.97 Å². The van der Waals surface area contributed by atoms with Crippen molar-refractivity contribution in [2.75, 3.05) is 12.8 Å². The molecule has 0 fully saturated rings. The summed E-state index contributed by atoms with van der Waals surface area (Å²) in [6.45, 7) is 4.82. The van der Waals surface area contributed by atoms with Crippen LogP contribution in [0.25, 0.3) is 11.4 Å². The highest BCUT2D eigenvalue weighted by molar-refractivity contribution is 14.1. The minimum atomic E-state index is 0.318. The molecule has 0 saturated heterocycles. The first-order valence-electron chi connectivity index (χ1n) is 6.44. The number of rotatable bonds is 4. The van der Waals surface area contributed by atoms with E-state index in [1.165, 1.54) is 0 Å². The number of ether oxygens (including phenoxy) is 1. The fraction of sp³-hybridized carbons (Fsp3) is 0.333. The molecule has 1 aromatic heterocycles. The molecule has 0 unspecified atom stereocenters. The van der Waals surface area contributed by atoms with Crippen LogP contribution in [0.2, 0.25) is 0 Å². The normalized spacial score (nSPS) is 11.1. The van der Waals surface area contributed by atoms with Crippen LogP contribution in [0.3, 0.4) is 0 Å². The standard InChI is InChI=1S/C15H18IN3O/c1-9(2)13-12(16)14(17)19-15(18-13)11-6-4-10(5-7-11)8-20-3/h4-7,9H,8H2,1-3H3,(H2,17,18,19). The number of nitrogens with two attached hydrogens (primary N) is 1. The van der Waals surface area contributed by atoms with Gasteiger partial charge in [-0.2, -0.15) is 0 Å². The predicted molar refractivity (Wildman–Crippen MR) is 89.4 cm³/mol. The van der Waals surface area contributed by atoms with Crippen molar-refractivity contribution in [1.82, 2.24) is 9.97 Å². The monoisotopic (exact) mass is 383 g/mol. The van der Waals surface area contributed by atoms with Crippen molar-refractivity contribution < 1.29 is 4.74 Å². The summed E-state index contributed by atoms with van der Waals surface area (Å²) >= 11 is 2.21. The minimum absolute atomic E-state index is 0.318. The van der Waals surface area contributed by atoms with E-state index >= 15 is 0 Å². The molecule has 2 rings (SSSR count). The predicted octanol–water partition coefficient (Wildman–Crippen LogP) is 3.60. The van der Waals surface area contributed by atoms with E-state index in [-0.39, 0.29) is 0 Å². The van der Waals surface area contributed by atoms with Gasteiger partial charge in [0, 0.05) is 12.7 Å². The molecule has 106 valence electrons. The van der Waals surface area contributed by atoms with Crippen molar-refractivity contribution in [2.24, 2.45) is 0 Å². The topological polar surface area (TPSA) is 61.0 Å². The summed E-state index contributed by atoms with van der Waals surface area (Å²) in [6.07, 6.45) is 0. The van der Waals surface area contributed by atoms with Crippen LogP contribution in [-0.2, 0) is 11.3 Å². The number of benzene rings is 1. The highest BCUT2D eigenvalue weighted by Crippen LogP contribution is 2.26. The molecule has 0 amide bonds. The Morgan fingerprint density at radius 2 is 1.85 bits per heavy atom. The van der Waals surface area contributed by atoms with Gasteiger partial charge in [0.25, 0.3) is 0 Å². The molecule has 0 atom stereocenters. The van der Waals surface area contributed by atoms with E-state index in [9.17, 15) is 0 Å². The second kappa shape index (κ2) is 6.49. The number of halogens is 1. The second-order valence-electron chi connectivity index (χ2n) is 4.92. The maximum absolute atomic E-state index is 6.00. The van der Waals surface area contributed by atoms with Crippen LogP contribution in [0.15, 0.2) is 24.3 Å². The molecule has 1 heterocycles. The van der Waals surface area contributed by atoms with Crippen LogP contribution in [0.4, 0.5) is 5.82 Å². The third kappa shape index (κ3) is 3.27. The maximum Gasteiger partial charge on any atom is 0.161 e. The first kappa shape index (κ1) is 15.2. The summed E-state index contributed by atoms with van der Waals surface area (Å²) in [5.74, 6) is 1.54. The maximum atomic E-state index is 6.00. The lowest BCUT2D eigenvalue weighted by molar-refractivity contribution is 0.185. The van der Waals surface area contributed by atoms with E-state index in [1.807, 2.05) is 24.3 Å². The molecule has 2 aromatic rings.